The number of alkyl halides is 2. The average Bonchev–Trinajstić information content (AvgIpc) is 3.09. The lowest BCUT2D eigenvalue weighted by Crippen LogP contribution is -2.43. The summed E-state index contributed by atoms with van der Waals surface area (Å²) in [6.07, 6.45) is 0. The maximum absolute atomic E-state index is 12.7. The molecule has 1 aliphatic rings. The summed E-state index contributed by atoms with van der Waals surface area (Å²) in [6, 6.07) is 2.89. The highest BCUT2D eigenvalue weighted by Gasteiger charge is 2.20. The lowest BCUT2D eigenvalue weighted by Gasteiger charge is -2.15. The molecule has 1 aromatic carbocycles. The summed E-state index contributed by atoms with van der Waals surface area (Å²) in [6.45, 7) is -2.08. The first-order valence-electron chi connectivity index (χ1n) is 8.49. The van der Waals surface area contributed by atoms with Crippen molar-refractivity contribution in [3.63, 3.8) is 0 Å². The molecule has 1 heterocycles. The van der Waals surface area contributed by atoms with Gasteiger partial charge in [-0.2, -0.15) is 8.78 Å². The van der Waals surface area contributed by atoms with Crippen LogP contribution in [0.3, 0.4) is 0 Å². The van der Waals surface area contributed by atoms with Gasteiger partial charge in [0, 0.05) is 39.4 Å². The Labute approximate surface area is 184 Å². The van der Waals surface area contributed by atoms with E-state index < -0.39 is 6.61 Å². The molecule has 0 atom stereocenters. The molecule has 0 fully saturated rings. The van der Waals surface area contributed by atoms with Crippen molar-refractivity contribution >= 4 is 35.8 Å². The average molecular weight is 530 g/mol. The van der Waals surface area contributed by atoms with Gasteiger partial charge in [-0.1, -0.05) is 0 Å². The molecule has 12 heteroatoms. The van der Waals surface area contributed by atoms with Gasteiger partial charge in [-0.25, -0.2) is 4.99 Å². The van der Waals surface area contributed by atoms with E-state index in [0.717, 1.165) is 0 Å². The van der Waals surface area contributed by atoms with Crippen LogP contribution in [-0.2, 0) is 16.1 Å². The second-order valence-corrected chi connectivity index (χ2v) is 5.92. The van der Waals surface area contributed by atoms with Crippen molar-refractivity contribution in [2.24, 2.45) is 4.99 Å². The standard InChI is InChI=1S/C17H24F2N4O5.HI/c1-23(2)15(24)9-22-17(20-4-5-25-3)21-8-11-6-13-14(27-10-26-13)7-12(11)28-16(18)19;/h6-7,16H,4-5,8-10H2,1-3H3,(H2,20,21,22);1H. The molecule has 0 saturated carbocycles. The van der Waals surface area contributed by atoms with Gasteiger partial charge >= 0.3 is 6.61 Å². The van der Waals surface area contributed by atoms with Gasteiger partial charge in [-0.15, -0.1) is 24.0 Å². The van der Waals surface area contributed by atoms with Gasteiger partial charge < -0.3 is 34.5 Å². The number of ether oxygens (including phenoxy) is 4. The Hall–Kier alpha value is -2.09. The number of benzene rings is 1. The molecule has 0 bridgehead atoms. The number of hydrogen-bond donors (Lipinski definition) is 2. The molecule has 9 nitrogen and oxygen atoms in total. The van der Waals surface area contributed by atoms with Gasteiger partial charge in [0.15, 0.2) is 17.5 Å². The Morgan fingerprint density at radius 1 is 1.28 bits per heavy atom. The van der Waals surface area contributed by atoms with Crippen molar-refractivity contribution in [1.29, 1.82) is 0 Å². The highest BCUT2D eigenvalue weighted by atomic mass is 127. The lowest BCUT2D eigenvalue weighted by atomic mass is 10.1. The Balaban J connectivity index is 0.00000420. The number of methoxy groups -OCH3 is 1. The van der Waals surface area contributed by atoms with Crippen LogP contribution in [0.2, 0.25) is 0 Å². The summed E-state index contributed by atoms with van der Waals surface area (Å²) in [4.78, 5) is 17.6. The summed E-state index contributed by atoms with van der Waals surface area (Å²) in [5, 5.41) is 5.89. The minimum Gasteiger partial charge on any atom is -0.454 e. The van der Waals surface area contributed by atoms with Gasteiger partial charge in [0.1, 0.15) is 5.75 Å². The summed E-state index contributed by atoms with van der Waals surface area (Å²) in [5.74, 6) is 0.885. The molecule has 164 valence electrons. The molecule has 2 rings (SSSR count). The van der Waals surface area contributed by atoms with Crippen molar-refractivity contribution in [2.75, 3.05) is 47.7 Å². The van der Waals surface area contributed by atoms with E-state index >= 15 is 0 Å². The molecule has 1 aromatic rings. The van der Waals surface area contributed by atoms with Gasteiger partial charge in [0.2, 0.25) is 12.7 Å². The number of hydrogen-bond acceptors (Lipinski definition) is 6. The minimum atomic E-state index is -2.99. The Kier molecular flexibility index (Phi) is 10.7. The molecule has 0 radical (unpaired) electrons. The number of likely N-dealkylation sites (N-methyl/N-ethyl adjacent to an activating group) is 1. The fourth-order valence-electron chi connectivity index (χ4n) is 2.22. The summed E-state index contributed by atoms with van der Waals surface area (Å²) in [7, 11) is 4.83. The number of aliphatic imine (C=N–C) groups is 1. The van der Waals surface area contributed by atoms with Crippen molar-refractivity contribution in [1.82, 2.24) is 15.5 Å². The Morgan fingerprint density at radius 2 is 1.97 bits per heavy atom. The topological polar surface area (TPSA) is 93.6 Å². The van der Waals surface area contributed by atoms with Crippen LogP contribution in [0.25, 0.3) is 0 Å². The number of halogens is 3. The molecule has 29 heavy (non-hydrogen) atoms. The van der Waals surface area contributed by atoms with Gasteiger partial charge in [0.05, 0.1) is 19.7 Å². The van der Waals surface area contributed by atoms with Crippen LogP contribution in [0.15, 0.2) is 17.1 Å². The summed E-state index contributed by atoms with van der Waals surface area (Å²) >= 11 is 0. The zero-order valence-corrected chi connectivity index (χ0v) is 18.7. The predicted octanol–water partition coefficient (Wildman–Crippen LogP) is 1.40. The number of carbonyl (C=O) groups is 1. The Bertz CT molecular complexity index is 707. The fourth-order valence-corrected chi connectivity index (χ4v) is 2.22. The van der Waals surface area contributed by atoms with Crippen LogP contribution in [-0.4, -0.2) is 71.1 Å². The first-order chi connectivity index (χ1) is 13.4. The van der Waals surface area contributed by atoms with E-state index in [9.17, 15) is 13.6 Å². The second kappa shape index (κ2) is 12.5. The number of rotatable bonds is 9. The normalized spacial score (nSPS) is 12.4. The van der Waals surface area contributed by atoms with E-state index in [0.29, 0.717) is 36.2 Å². The molecule has 1 aliphatic heterocycles. The highest BCUT2D eigenvalue weighted by Crippen LogP contribution is 2.38. The number of nitrogens with zero attached hydrogens (tertiary/aromatic N) is 2. The summed E-state index contributed by atoms with van der Waals surface area (Å²) < 4.78 is 45.5. The Morgan fingerprint density at radius 3 is 2.59 bits per heavy atom. The molecule has 0 unspecified atom stereocenters. The zero-order chi connectivity index (χ0) is 20.5. The molecule has 1 amide bonds. The van der Waals surface area contributed by atoms with Crippen molar-refractivity contribution in [2.45, 2.75) is 13.2 Å². The smallest absolute Gasteiger partial charge is 0.387 e. The molecular weight excluding hydrogens is 505 g/mol. The molecule has 0 aromatic heterocycles. The maximum atomic E-state index is 12.7. The van der Waals surface area contributed by atoms with Crippen LogP contribution < -0.4 is 24.8 Å². The summed E-state index contributed by atoms with van der Waals surface area (Å²) in [5.41, 5.74) is 0.385. The van der Waals surface area contributed by atoms with E-state index in [1.165, 1.54) is 11.0 Å². The van der Waals surface area contributed by atoms with Crippen molar-refractivity contribution in [3.05, 3.63) is 17.7 Å². The SMILES string of the molecule is COCCNC(=NCc1cc2c(cc1OC(F)F)OCO2)NCC(=O)N(C)C.I. The van der Waals surface area contributed by atoms with Gasteiger partial charge in [-0.3, -0.25) is 4.79 Å². The number of fused-ring (bicyclic) bond motifs is 1. The van der Waals surface area contributed by atoms with Gasteiger partial charge in [0.25, 0.3) is 0 Å². The zero-order valence-electron chi connectivity index (χ0n) is 16.4. The molecular formula is C17H25F2IN4O5. The van der Waals surface area contributed by atoms with Crippen LogP contribution >= 0.6 is 24.0 Å². The third-order valence-corrected chi connectivity index (χ3v) is 3.68. The predicted molar refractivity (Wildman–Crippen MR) is 112 cm³/mol. The van der Waals surface area contributed by atoms with E-state index in [1.807, 2.05) is 0 Å². The molecule has 2 N–H and O–H groups in total. The van der Waals surface area contributed by atoms with E-state index in [-0.39, 0.29) is 55.5 Å². The minimum absolute atomic E-state index is 0. The largest absolute Gasteiger partial charge is 0.454 e. The highest BCUT2D eigenvalue weighted by molar-refractivity contribution is 14.0. The van der Waals surface area contributed by atoms with E-state index in [1.54, 1.807) is 27.3 Å². The third-order valence-electron chi connectivity index (χ3n) is 3.68. The van der Waals surface area contributed by atoms with Gasteiger partial charge in [-0.05, 0) is 6.07 Å². The number of nitrogens with one attached hydrogen (secondary N) is 2. The lowest BCUT2D eigenvalue weighted by molar-refractivity contribution is -0.127. The number of amides is 1. The van der Waals surface area contributed by atoms with Crippen molar-refractivity contribution < 1.29 is 32.5 Å². The first-order valence-corrected chi connectivity index (χ1v) is 8.49. The fraction of sp³-hybridized carbons (Fsp3) is 0.529. The molecule has 0 saturated heterocycles. The molecule has 0 aliphatic carbocycles. The number of guanidine groups is 1. The first kappa shape index (κ1) is 24.9. The quantitative estimate of drug-likeness (QED) is 0.216. The number of carbonyl (C=O) groups excluding carboxylic acids is 1. The van der Waals surface area contributed by atoms with E-state index in [2.05, 4.69) is 20.4 Å². The van der Waals surface area contributed by atoms with Crippen molar-refractivity contribution in [3.8, 4) is 17.2 Å². The third kappa shape index (κ3) is 8.04. The van der Waals surface area contributed by atoms with Crippen LogP contribution in [0.5, 0.6) is 17.2 Å². The monoisotopic (exact) mass is 530 g/mol. The van der Waals surface area contributed by atoms with E-state index in [4.69, 9.17) is 14.2 Å². The van der Waals surface area contributed by atoms with Crippen LogP contribution in [0, 0.1) is 0 Å². The molecule has 0 spiro atoms. The van der Waals surface area contributed by atoms with Crippen LogP contribution in [0.1, 0.15) is 5.56 Å². The second-order valence-electron chi connectivity index (χ2n) is 5.92. The maximum Gasteiger partial charge on any atom is 0.387 e. The van der Waals surface area contributed by atoms with Crippen LogP contribution in [0.4, 0.5) is 8.78 Å².